The van der Waals surface area contributed by atoms with Crippen molar-refractivity contribution in [1.82, 2.24) is 0 Å². The molecule has 0 unspecified atom stereocenters. The van der Waals surface area contributed by atoms with Crippen LogP contribution in [0.2, 0.25) is 0 Å². The zero-order chi connectivity index (χ0) is 16.2. The Hall–Kier alpha value is -2.33. The van der Waals surface area contributed by atoms with E-state index < -0.39 is 0 Å². The van der Waals surface area contributed by atoms with Crippen LogP contribution >= 0.6 is 0 Å². The summed E-state index contributed by atoms with van der Waals surface area (Å²) in [5, 5.41) is 0. The highest BCUT2D eigenvalue weighted by Crippen LogP contribution is 2.31. The topological polar surface area (TPSA) is 0 Å². The van der Waals surface area contributed by atoms with E-state index in [0.29, 0.717) is 5.56 Å². The first-order chi connectivity index (χ1) is 11.1. The maximum atomic E-state index is 14.9. The van der Waals surface area contributed by atoms with Crippen molar-refractivity contribution in [2.24, 2.45) is 0 Å². The highest BCUT2D eigenvalue weighted by Gasteiger charge is 2.15. The molecular weight excluding hydrogens is 283 g/mol. The predicted octanol–water partition coefficient (Wildman–Crippen LogP) is 5.80. The van der Waals surface area contributed by atoms with Crippen LogP contribution in [0.1, 0.15) is 53.5 Å². The molecule has 23 heavy (non-hydrogen) atoms. The molecule has 0 radical (unpaired) electrons. The van der Waals surface area contributed by atoms with Gasteiger partial charge in [0.2, 0.25) is 0 Å². The fourth-order valence-corrected chi connectivity index (χ4v) is 3.00. The normalized spacial score (nSPS) is 14.0. The molecular formula is C22H21F. The standard InChI is InChI=1S/C22H21F/c1-16-8-11-18(12-9-16)13-15-20-14-10-17(2)21(22(20)23)19-6-4-3-5-7-19/h6,8-12,14H,3-5,7H2,1-2H3. The molecule has 0 amide bonds. The van der Waals surface area contributed by atoms with Crippen molar-refractivity contribution in [3.63, 3.8) is 0 Å². The largest absolute Gasteiger partial charge is 0.205 e. The summed E-state index contributed by atoms with van der Waals surface area (Å²) in [6.45, 7) is 4.02. The van der Waals surface area contributed by atoms with Gasteiger partial charge < -0.3 is 0 Å². The number of halogens is 1. The van der Waals surface area contributed by atoms with E-state index >= 15 is 0 Å². The molecule has 0 saturated heterocycles. The van der Waals surface area contributed by atoms with Crippen LogP contribution in [0, 0.1) is 31.5 Å². The minimum atomic E-state index is -0.169. The molecule has 0 heterocycles. The van der Waals surface area contributed by atoms with Crippen LogP contribution in [0.25, 0.3) is 5.57 Å². The molecule has 1 aliphatic carbocycles. The van der Waals surface area contributed by atoms with Crippen molar-refractivity contribution in [1.29, 1.82) is 0 Å². The monoisotopic (exact) mass is 304 g/mol. The SMILES string of the molecule is Cc1ccc(C#Cc2ccc(C)c(C3=CCCCC3)c2F)cc1. The summed E-state index contributed by atoms with van der Waals surface area (Å²) in [7, 11) is 0. The van der Waals surface area contributed by atoms with Crippen LogP contribution in [0.3, 0.4) is 0 Å². The molecule has 0 N–H and O–H groups in total. The van der Waals surface area contributed by atoms with Crippen molar-refractivity contribution in [2.45, 2.75) is 39.5 Å². The lowest BCUT2D eigenvalue weighted by molar-refractivity contribution is 0.615. The van der Waals surface area contributed by atoms with Crippen molar-refractivity contribution in [3.05, 3.63) is 76.1 Å². The third-order valence-electron chi connectivity index (χ3n) is 4.36. The van der Waals surface area contributed by atoms with Crippen LogP contribution in [-0.4, -0.2) is 0 Å². The van der Waals surface area contributed by atoms with Gasteiger partial charge >= 0.3 is 0 Å². The molecule has 2 aromatic rings. The first-order valence-corrected chi connectivity index (χ1v) is 8.22. The van der Waals surface area contributed by atoms with E-state index in [0.717, 1.165) is 41.5 Å². The molecule has 0 fully saturated rings. The maximum absolute atomic E-state index is 14.9. The lowest BCUT2D eigenvalue weighted by Gasteiger charge is -2.16. The zero-order valence-corrected chi connectivity index (χ0v) is 13.7. The lowest BCUT2D eigenvalue weighted by atomic mass is 9.89. The smallest absolute Gasteiger partial charge is 0.146 e. The van der Waals surface area contributed by atoms with Gasteiger partial charge in [0.1, 0.15) is 5.82 Å². The van der Waals surface area contributed by atoms with Gasteiger partial charge in [-0.05, 0) is 68.9 Å². The van der Waals surface area contributed by atoms with Gasteiger partial charge in [0.05, 0.1) is 5.56 Å². The second kappa shape index (κ2) is 6.84. The third-order valence-corrected chi connectivity index (χ3v) is 4.36. The maximum Gasteiger partial charge on any atom is 0.146 e. The molecule has 0 aromatic heterocycles. The average molecular weight is 304 g/mol. The van der Waals surface area contributed by atoms with E-state index in [1.807, 2.05) is 44.2 Å². The predicted molar refractivity (Wildman–Crippen MR) is 94.7 cm³/mol. The third kappa shape index (κ3) is 3.54. The molecule has 1 aliphatic rings. The summed E-state index contributed by atoms with van der Waals surface area (Å²) in [5.41, 5.74) is 5.50. The van der Waals surface area contributed by atoms with Gasteiger partial charge in [-0.3, -0.25) is 0 Å². The van der Waals surface area contributed by atoms with Crippen LogP contribution < -0.4 is 0 Å². The summed E-state index contributed by atoms with van der Waals surface area (Å²) in [6.07, 6.45) is 6.55. The van der Waals surface area contributed by atoms with E-state index in [1.165, 1.54) is 12.0 Å². The Morgan fingerprint density at radius 3 is 2.39 bits per heavy atom. The number of hydrogen-bond donors (Lipinski definition) is 0. The van der Waals surface area contributed by atoms with Crippen LogP contribution in [0.5, 0.6) is 0 Å². The van der Waals surface area contributed by atoms with Crippen molar-refractivity contribution in [3.8, 4) is 11.8 Å². The van der Waals surface area contributed by atoms with E-state index in [2.05, 4.69) is 17.9 Å². The number of rotatable bonds is 1. The Bertz CT molecular complexity index is 798. The molecule has 0 aliphatic heterocycles. The van der Waals surface area contributed by atoms with Gasteiger partial charge in [0.15, 0.2) is 0 Å². The van der Waals surface area contributed by atoms with Crippen molar-refractivity contribution >= 4 is 5.57 Å². The summed E-state index contributed by atoms with van der Waals surface area (Å²) in [4.78, 5) is 0. The Kier molecular flexibility index (Phi) is 4.63. The second-order valence-electron chi connectivity index (χ2n) is 6.21. The molecule has 0 atom stereocenters. The molecule has 2 aromatic carbocycles. The minimum absolute atomic E-state index is 0.169. The van der Waals surface area contributed by atoms with Crippen LogP contribution in [-0.2, 0) is 0 Å². The fourth-order valence-electron chi connectivity index (χ4n) is 3.00. The van der Waals surface area contributed by atoms with Gasteiger partial charge in [-0.2, -0.15) is 0 Å². The van der Waals surface area contributed by atoms with E-state index in [9.17, 15) is 4.39 Å². The summed E-state index contributed by atoms with van der Waals surface area (Å²) >= 11 is 0. The van der Waals surface area contributed by atoms with Gasteiger partial charge in [0, 0.05) is 11.1 Å². The van der Waals surface area contributed by atoms with Crippen LogP contribution in [0.15, 0.2) is 42.5 Å². The molecule has 0 bridgehead atoms. The van der Waals surface area contributed by atoms with E-state index in [-0.39, 0.29) is 5.82 Å². The van der Waals surface area contributed by atoms with Gasteiger partial charge in [-0.1, -0.05) is 41.7 Å². The highest BCUT2D eigenvalue weighted by atomic mass is 19.1. The Balaban J connectivity index is 1.98. The fraction of sp³-hybridized carbons (Fsp3) is 0.273. The molecule has 0 nitrogen and oxygen atoms in total. The quantitative estimate of drug-likeness (QED) is 0.584. The van der Waals surface area contributed by atoms with E-state index in [4.69, 9.17) is 0 Å². The van der Waals surface area contributed by atoms with Gasteiger partial charge in [-0.25, -0.2) is 4.39 Å². The van der Waals surface area contributed by atoms with Gasteiger partial charge in [-0.15, -0.1) is 0 Å². The lowest BCUT2D eigenvalue weighted by Crippen LogP contribution is -2.00. The number of allylic oxidation sites excluding steroid dienone is 2. The molecule has 3 rings (SSSR count). The zero-order valence-electron chi connectivity index (χ0n) is 13.7. The molecule has 1 heteroatoms. The molecule has 116 valence electrons. The highest BCUT2D eigenvalue weighted by molar-refractivity contribution is 5.71. The van der Waals surface area contributed by atoms with E-state index in [1.54, 1.807) is 6.07 Å². The van der Waals surface area contributed by atoms with Crippen molar-refractivity contribution in [2.75, 3.05) is 0 Å². The summed E-state index contributed by atoms with van der Waals surface area (Å²) in [6, 6.07) is 11.8. The van der Waals surface area contributed by atoms with Crippen LogP contribution in [0.4, 0.5) is 4.39 Å². The first-order valence-electron chi connectivity index (χ1n) is 8.22. The summed E-state index contributed by atoms with van der Waals surface area (Å²) < 4.78 is 14.9. The Morgan fingerprint density at radius 2 is 1.70 bits per heavy atom. The molecule has 0 saturated carbocycles. The van der Waals surface area contributed by atoms with Crippen molar-refractivity contribution < 1.29 is 4.39 Å². The minimum Gasteiger partial charge on any atom is -0.205 e. The molecule has 0 spiro atoms. The first kappa shape index (κ1) is 15.6. The number of hydrogen-bond acceptors (Lipinski definition) is 0. The number of benzene rings is 2. The number of aryl methyl sites for hydroxylation is 2. The second-order valence-corrected chi connectivity index (χ2v) is 6.21. The Morgan fingerprint density at radius 1 is 0.913 bits per heavy atom. The van der Waals surface area contributed by atoms with Gasteiger partial charge in [0.25, 0.3) is 0 Å². The Labute approximate surface area is 138 Å². The average Bonchev–Trinajstić information content (AvgIpc) is 2.57. The summed E-state index contributed by atoms with van der Waals surface area (Å²) in [5.74, 6) is 5.90.